The standard InChI is InChI=1S/C17H16N4O2S/c1-10-20-21-17(24-10)19-16(22)12-8-13(9-12)23-14-6-2-4-11-5-3-7-18-15(11)14/h2-7,12-13H,8-9H2,1H3,(H,19,21,22). The van der Waals surface area contributed by atoms with Crippen molar-refractivity contribution in [3.8, 4) is 5.75 Å². The molecule has 4 rings (SSSR count). The number of amides is 1. The fourth-order valence-electron chi connectivity index (χ4n) is 2.78. The zero-order valence-corrected chi connectivity index (χ0v) is 13.9. The Balaban J connectivity index is 1.36. The van der Waals surface area contributed by atoms with Crippen LogP contribution in [0.4, 0.5) is 5.13 Å². The molecular formula is C17H16N4O2S. The van der Waals surface area contributed by atoms with Crippen molar-refractivity contribution in [3.05, 3.63) is 41.5 Å². The molecule has 122 valence electrons. The fourth-order valence-corrected chi connectivity index (χ4v) is 3.38. The molecule has 1 fully saturated rings. The summed E-state index contributed by atoms with van der Waals surface area (Å²) in [7, 11) is 0. The molecule has 1 aliphatic carbocycles. The lowest BCUT2D eigenvalue weighted by Crippen LogP contribution is -2.40. The number of hydrogen-bond acceptors (Lipinski definition) is 6. The number of fused-ring (bicyclic) bond motifs is 1. The Hall–Kier alpha value is -2.54. The normalized spacial score (nSPS) is 19.7. The van der Waals surface area contributed by atoms with E-state index in [1.165, 1.54) is 11.3 Å². The van der Waals surface area contributed by atoms with E-state index < -0.39 is 0 Å². The molecule has 6 nitrogen and oxygen atoms in total. The average Bonchev–Trinajstić information content (AvgIpc) is 2.95. The third-order valence-electron chi connectivity index (χ3n) is 4.11. The van der Waals surface area contributed by atoms with E-state index in [4.69, 9.17) is 4.74 Å². The molecule has 0 radical (unpaired) electrons. The van der Waals surface area contributed by atoms with E-state index in [1.54, 1.807) is 6.20 Å². The van der Waals surface area contributed by atoms with E-state index in [9.17, 15) is 4.79 Å². The van der Waals surface area contributed by atoms with Crippen molar-refractivity contribution in [2.45, 2.75) is 25.9 Å². The third kappa shape index (κ3) is 2.94. The SMILES string of the molecule is Cc1nnc(NC(=O)C2CC(Oc3cccc4cccnc34)C2)s1. The maximum Gasteiger partial charge on any atom is 0.229 e. The first-order valence-electron chi connectivity index (χ1n) is 7.80. The molecule has 0 aliphatic heterocycles. The maximum atomic E-state index is 12.2. The first kappa shape index (κ1) is 15.0. The molecule has 0 spiro atoms. The van der Waals surface area contributed by atoms with Gasteiger partial charge in [0, 0.05) is 17.5 Å². The van der Waals surface area contributed by atoms with Gasteiger partial charge in [0.1, 0.15) is 22.4 Å². The summed E-state index contributed by atoms with van der Waals surface area (Å²) in [5, 5.41) is 13.1. The van der Waals surface area contributed by atoms with Gasteiger partial charge in [0.05, 0.1) is 0 Å². The summed E-state index contributed by atoms with van der Waals surface area (Å²) < 4.78 is 6.03. The minimum absolute atomic E-state index is 0.0120. The second-order valence-corrected chi connectivity index (χ2v) is 7.04. The smallest absolute Gasteiger partial charge is 0.229 e. The van der Waals surface area contributed by atoms with Crippen molar-refractivity contribution in [3.63, 3.8) is 0 Å². The van der Waals surface area contributed by atoms with Crippen LogP contribution in [-0.4, -0.2) is 27.2 Å². The number of ether oxygens (including phenoxy) is 1. The second-order valence-electron chi connectivity index (χ2n) is 5.85. The van der Waals surface area contributed by atoms with Crippen molar-refractivity contribution >= 4 is 33.3 Å². The molecule has 0 atom stereocenters. The Bertz CT molecular complexity index is 884. The Morgan fingerprint density at radius 2 is 2.08 bits per heavy atom. The van der Waals surface area contributed by atoms with E-state index in [-0.39, 0.29) is 17.9 Å². The van der Waals surface area contributed by atoms with Crippen molar-refractivity contribution in [2.24, 2.45) is 5.92 Å². The van der Waals surface area contributed by atoms with Crippen LogP contribution >= 0.6 is 11.3 Å². The van der Waals surface area contributed by atoms with Crippen LogP contribution in [0.25, 0.3) is 10.9 Å². The van der Waals surface area contributed by atoms with Gasteiger partial charge in [-0.2, -0.15) is 0 Å². The fraction of sp³-hybridized carbons (Fsp3) is 0.294. The molecule has 1 aliphatic rings. The minimum atomic E-state index is -0.0397. The van der Waals surface area contributed by atoms with E-state index in [0.29, 0.717) is 18.0 Å². The number of aromatic nitrogens is 3. The number of pyridine rings is 1. The number of hydrogen-bond donors (Lipinski definition) is 1. The number of nitrogens with zero attached hydrogens (tertiary/aromatic N) is 3. The summed E-state index contributed by atoms with van der Waals surface area (Å²) >= 11 is 1.38. The third-order valence-corrected chi connectivity index (χ3v) is 4.87. The van der Waals surface area contributed by atoms with E-state index >= 15 is 0 Å². The predicted octanol–water partition coefficient (Wildman–Crippen LogP) is 3.19. The quantitative estimate of drug-likeness (QED) is 0.789. The van der Waals surface area contributed by atoms with Gasteiger partial charge in [-0.1, -0.05) is 29.5 Å². The van der Waals surface area contributed by atoms with Crippen molar-refractivity contribution in [1.82, 2.24) is 15.2 Å². The number of benzene rings is 1. The van der Waals surface area contributed by atoms with E-state index in [0.717, 1.165) is 21.7 Å². The summed E-state index contributed by atoms with van der Waals surface area (Å²) in [4.78, 5) is 16.6. The van der Waals surface area contributed by atoms with Gasteiger partial charge in [0.25, 0.3) is 0 Å². The highest BCUT2D eigenvalue weighted by molar-refractivity contribution is 7.15. The van der Waals surface area contributed by atoms with Gasteiger partial charge in [-0.05, 0) is 31.9 Å². The molecule has 0 saturated heterocycles. The van der Waals surface area contributed by atoms with Crippen molar-refractivity contribution < 1.29 is 9.53 Å². The maximum absolute atomic E-state index is 12.2. The summed E-state index contributed by atoms with van der Waals surface area (Å²) in [5.74, 6) is 0.723. The molecule has 1 N–H and O–H groups in total. The number of para-hydroxylation sites is 1. The number of carbonyl (C=O) groups excluding carboxylic acids is 1. The minimum Gasteiger partial charge on any atom is -0.488 e. The van der Waals surface area contributed by atoms with Gasteiger partial charge >= 0.3 is 0 Å². The molecular weight excluding hydrogens is 324 g/mol. The first-order chi connectivity index (χ1) is 11.7. The van der Waals surface area contributed by atoms with Gasteiger partial charge in [-0.3, -0.25) is 9.78 Å². The highest BCUT2D eigenvalue weighted by Gasteiger charge is 2.36. The number of aryl methyl sites for hydroxylation is 1. The zero-order valence-electron chi connectivity index (χ0n) is 13.1. The van der Waals surface area contributed by atoms with E-state index in [2.05, 4.69) is 20.5 Å². The lowest BCUT2D eigenvalue weighted by molar-refractivity contribution is -0.125. The van der Waals surface area contributed by atoms with Crippen molar-refractivity contribution in [2.75, 3.05) is 5.32 Å². The molecule has 0 unspecified atom stereocenters. The molecule has 2 aromatic heterocycles. The average molecular weight is 340 g/mol. The topological polar surface area (TPSA) is 77.0 Å². The van der Waals surface area contributed by atoms with Crippen LogP contribution in [0.5, 0.6) is 5.75 Å². The van der Waals surface area contributed by atoms with Gasteiger partial charge in [0.15, 0.2) is 0 Å². The highest BCUT2D eigenvalue weighted by Crippen LogP contribution is 2.34. The number of nitrogens with one attached hydrogen (secondary N) is 1. The highest BCUT2D eigenvalue weighted by atomic mass is 32.1. The lowest BCUT2D eigenvalue weighted by Gasteiger charge is -2.34. The molecule has 3 aromatic rings. The van der Waals surface area contributed by atoms with Gasteiger partial charge in [-0.25, -0.2) is 0 Å². The van der Waals surface area contributed by atoms with Crippen LogP contribution in [-0.2, 0) is 4.79 Å². The number of anilines is 1. The Morgan fingerprint density at radius 3 is 2.88 bits per heavy atom. The molecule has 0 bridgehead atoms. The summed E-state index contributed by atoms with van der Waals surface area (Å²) in [6.07, 6.45) is 3.21. The molecule has 7 heteroatoms. The van der Waals surface area contributed by atoms with E-state index in [1.807, 2.05) is 37.3 Å². The number of carbonyl (C=O) groups is 1. The Kier molecular flexibility index (Phi) is 3.86. The molecule has 24 heavy (non-hydrogen) atoms. The van der Waals surface area contributed by atoms with Gasteiger partial charge in [0.2, 0.25) is 11.0 Å². The van der Waals surface area contributed by atoms with Gasteiger partial charge < -0.3 is 10.1 Å². The van der Waals surface area contributed by atoms with Crippen LogP contribution in [0.1, 0.15) is 17.8 Å². The molecule has 1 saturated carbocycles. The second kappa shape index (κ2) is 6.16. The largest absolute Gasteiger partial charge is 0.488 e. The van der Waals surface area contributed by atoms with Crippen molar-refractivity contribution in [1.29, 1.82) is 0 Å². The lowest BCUT2D eigenvalue weighted by atomic mass is 9.81. The zero-order chi connectivity index (χ0) is 16.5. The van der Waals surface area contributed by atoms with Crippen LogP contribution in [0.15, 0.2) is 36.5 Å². The molecule has 1 aromatic carbocycles. The summed E-state index contributed by atoms with van der Waals surface area (Å²) in [6, 6.07) is 9.81. The van der Waals surface area contributed by atoms with Crippen LogP contribution < -0.4 is 10.1 Å². The summed E-state index contributed by atoms with van der Waals surface area (Å²) in [6.45, 7) is 1.86. The Labute approximate surface area is 142 Å². The first-order valence-corrected chi connectivity index (χ1v) is 8.62. The predicted molar refractivity (Wildman–Crippen MR) is 92.2 cm³/mol. The van der Waals surface area contributed by atoms with Gasteiger partial charge in [-0.15, -0.1) is 10.2 Å². The monoisotopic (exact) mass is 340 g/mol. The number of rotatable bonds is 4. The molecule has 1 amide bonds. The van der Waals surface area contributed by atoms with Crippen LogP contribution in [0.3, 0.4) is 0 Å². The van der Waals surface area contributed by atoms with Crippen LogP contribution in [0, 0.1) is 12.8 Å². The molecule has 2 heterocycles. The Morgan fingerprint density at radius 1 is 1.25 bits per heavy atom. The summed E-state index contributed by atoms with van der Waals surface area (Å²) in [5.41, 5.74) is 0.859. The van der Waals surface area contributed by atoms with Crippen LogP contribution in [0.2, 0.25) is 0 Å².